The van der Waals surface area contributed by atoms with Crippen LogP contribution in [-0.4, -0.2) is 0 Å². The van der Waals surface area contributed by atoms with E-state index in [1.54, 1.807) is 11.1 Å². The lowest BCUT2D eigenvalue weighted by Crippen LogP contribution is -2.55. The van der Waals surface area contributed by atoms with Crippen LogP contribution in [0, 0.1) is 23.7 Å². The van der Waals surface area contributed by atoms with Gasteiger partial charge in [-0.3, -0.25) is 0 Å². The van der Waals surface area contributed by atoms with Crippen molar-refractivity contribution in [3.05, 3.63) is 263 Å². The first kappa shape index (κ1) is 46.1. The molecule has 0 atom stereocenters. The predicted molar refractivity (Wildman–Crippen MR) is 314 cm³/mol. The summed E-state index contributed by atoms with van der Waals surface area (Å²) in [7, 11) is 0. The lowest BCUT2D eigenvalue weighted by atomic mass is 9.42. The molecular weight excluding hydrogens is 905 g/mol. The summed E-state index contributed by atoms with van der Waals surface area (Å²) in [5, 5.41) is 0. The van der Waals surface area contributed by atoms with Gasteiger partial charge < -0.3 is 9.80 Å². The highest BCUT2D eigenvalue weighted by Crippen LogP contribution is 2.72. The van der Waals surface area contributed by atoms with Gasteiger partial charge in [0.15, 0.2) is 0 Å². The minimum Gasteiger partial charge on any atom is -0.310 e. The summed E-state index contributed by atoms with van der Waals surface area (Å²) in [4.78, 5) is 4.99. The highest BCUT2D eigenvalue weighted by molar-refractivity contribution is 5.97. The van der Waals surface area contributed by atoms with Crippen LogP contribution in [0.25, 0.3) is 22.3 Å². The Balaban J connectivity index is 0.903. The summed E-state index contributed by atoms with van der Waals surface area (Å²) >= 11 is 0. The van der Waals surface area contributed by atoms with Crippen molar-refractivity contribution >= 4 is 34.1 Å². The van der Waals surface area contributed by atoms with Gasteiger partial charge in [-0.25, -0.2) is 0 Å². The van der Waals surface area contributed by atoms with E-state index >= 15 is 0 Å². The van der Waals surface area contributed by atoms with Crippen LogP contribution >= 0.6 is 0 Å². The van der Waals surface area contributed by atoms with E-state index < -0.39 is 0 Å². The zero-order valence-corrected chi connectivity index (χ0v) is 44.5. The number of benzene rings is 9. The Hall–Kier alpha value is -7.42. The van der Waals surface area contributed by atoms with Crippen LogP contribution in [-0.2, 0) is 21.7 Å². The third-order valence-electron chi connectivity index (χ3n) is 19.6. The van der Waals surface area contributed by atoms with Gasteiger partial charge in [0.2, 0.25) is 0 Å². The fourth-order valence-electron chi connectivity index (χ4n) is 15.9. The van der Waals surface area contributed by atoms with Gasteiger partial charge in [-0.15, -0.1) is 0 Å². The lowest BCUT2D eigenvalue weighted by molar-refractivity contribution is -0.0397. The zero-order chi connectivity index (χ0) is 50.8. The Morgan fingerprint density at radius 2 is 0.720 bits per heavy atom. The van der Waals surface area contributed by atoms with Gasteiger partial charge in [0.1, 0.15) is 0 Å². The first-order valence-corrected chi connectivity index (χ1v) is 27.9. The van der Waals surface area contributed by atoms with Crippen molar-refractivity contribution in [3.63, 3.8) is 0 Å². The van der Waals surface area contributed by atoms with E-state index in [0.29, 0.717) is 11.8 Å². The van der Waals surface area contributed by atoms with Gasteiger partial charge in [0, 0.05) is 55.8 Å². The third kappa shape index (κ3) is 6.97. The van der Waals surface area contributed by atoms with E-state index in [4.69, 9.17) is 0 Å². The summed E-state index contributed by atoms with van der Waals surface area (Å²) in [5.41, 5.74) is 24.0. The number of para-hydroxylation sites is 2. The minimum absolute atomic E-state index is 0.0485. The largest absolute Gasteiger partial charge is 0.310 e. The topological polar surface area (TPSA) is 6.48 Å². The van der Waals surface area contributed by atoms with Crippen molar-refractivity contribution in [1.29, 1.82) is 0 Å². The smallest absolute Gasteiger partial charge is 0.0465 e. The molecule has 370 valence electrons. The number of nitrogens with zero attached hydrogens (tertiary/aromatic N) is 2. The van der Waals surface area contributed by atoms with Gasteiger partial charge in [0.25, 0.3) is 0 Å². The molecular formula is C73H68N2. The van der Waals surface area contributed by atoms with Crippen LogP contribution < -0.4 is 9.80 Å². The Kier molecular flexibility index (Phi) is 10.5. The number of hydrogen-bond acceptors (Lipinski definition) is 2. The third-order valence-corrected chi connectivity index (χ3v) is 19.6. The average Bonchev–Trinajstić information content (AvgIpc) is 4.05. The number of anilines is 6. The molecule has 0 unspecified atom stereocenters. The van der Waals surface area contributed by atoms with Crippen LogP contribution in [0.15, 0.2) is 218 Å². The second-order valence-electron chi connectivity index (χ2n) is 24.6. The van der Waals surface area contributed by atoms with Gasteiger partial charge in [-0.1, -0.05) is 187 Å². The fourth-order valence-corrected chi connectivity index (χ4v) is 15.9. The summed E-state index contributed by atoms with van der Waals surface area (Å²) in [6, 6.07) is 82.8. The Morgan fingerprint density at radius 1 is 0.347 bits per heavy atom. The molecule has 2 heteroatoms. The SMILES string of the molecule is CC(C)(c1ccccc1)c1ccc(N(c2ccccc2)c2ccc3c(c2)C(C)(C)c2ccc4c(c2-3)C2(c3cc(N(c5ccccc5)c5ccc(C(C)(C)c6ccccc6)cc5)ccc3-4)C3CC4CC(C3)CC2C4)cc1. The standard InChI is InChI=1S/C73H68N2/c1-70(2,50-19-11-7-12-20-50)52-27-31-58(32-28-52)74(56-23-15-9-16-24-56)60-36-38-64-66(46-60)72(5,6)65-40-39-63-62-37-35-61(47-67(62)73(69(63)68(64)65)54-42-48-41-49(44-54)45-55(73)43-48)75(57-25-17-10-18-26-57)59-33-29-53(30-34-59)71(3,4)51-21-13-8-14-22-51/h7-40,46-49,54-55H,41-45H2,1-6H3. The van der Waals surface area contributed by atoms with Crippen molar-refractivity contribution in [2.45, 2.75) is 95.3 Å². The quantitative estimate of drug-likeness (QED) is 0.135. The molecule has 9 aromatic rings. The van der Waals surface area contributed by atoms with Gasteiger partial charge in [-0.2, -0.15) is 0 Å². The van der Waals surface area contributed by atoms with Crippen molar-refractivity contribution in [2.75, 3.05) is 9.80 Å². The van der Waals surface area contributed by atoms with E-state index in [2.05, 4.69) is 270 Å². The van der Waals surface area contributed by atoms with Crippen LogP contribution in [0.3, 0.4) is 0 Å². The average molecular weight is 973 g/mol. The van der Waals surface area contributed by atoms with E-state index in [1.807, 2.05) is 0 Å². The normalized spacial score (nSPS) is 21.4. The molecule has 4 saturated carbocycles. The molecule has 4 bridgehead atoms. The van der Waals surface area contributed by atoms with E-state index in [-0.39, 0.29) is 21.7 Å². The van der Waals surface area contributed by atoms with E-state index in [9.17, 15) is 0 Å². The molecule has 0 saturated heterocycles. The predicted octanol–water partition coefficient (Wildman–Crippen LogP) is 19.3. The molecule has 4 fully saturated rings. The van der Waals surface area contributed by atoms with Crippen molar-refractivity contribution < 1.29 is 0 Å². The molecule has 9 aromatic carbocycles. The highest BCUT2D eigenvalue weighted by Gasteiger charge is 2.63. The first-order chi connectivity index (χ1) is 36.4. The highest BCUT2D eigenvalue weighted by atomic mass is 15.1. The van der Waals surface area contributed by atoms with Crippen molar-refractivity contribution in [2.24, 2.45) is 23.7 Å². The van der Waals surface area contributed by atoms with Crippen molar-refractivity contribution in [3.8, 4) is 22.3 Å². The summed E-state index contributed by atoms with van der Waals surface area (Å²) in [6.45, 7) is 14.3. The molecule has 0 aromatic heterocycles. The maximum absolute atomic E-state index is 2.67. The molecule has 75 heavy (non-hydrogen) atoms. The maximum atomic E-state index is 2.67. The molecule has 6 aliphatic rings. The maximum Gasteiger partial charge on any atom is 0.0465 e. The summed E-state index contributed by atoms with van der Waals surface area (Å²) in [5.74, 6) is 2.93. The molecule has 0 amide bonds. The Morgan fingerprint density at radius 3 is 1.19 bits per heavy atom. The van der Waals surface area contributed by atoms with E-state index in [1.165, 1.54) is 116 Å². The summed E-state index contributed by atoms with van der Waals surface area (Å²) in [6.07, 6.45) is 6.78. The van der Waals surface area contributed by atoms with Gasteiger partial charge in [-0.05, 0) is 195 Å². The second-order valence-corrected chi connectivity index (χ2v) is 24.6. The van der Waals surface area contributed by atoms with Gasteiger partial charge >= 0.3 is 0 Å². The molecule has 0 N–H and O–H groups in total. The number of hydrogen-bond donors (Lipinski definition) is 0. The molecule has 6 aliphatic carbocycles. The zero-order valence-electron chi connectivity index (χ0n) is 44.5. The second kappa shape index (κ2) is 17.1. The number of rotatable bonds is 10. The Labute approximate surface area is 445 Å². The Bertz CT molecular complexity index is 3580. The minimum atomic E-state index is -0.194. The van der Waals surface area contributed by atoms with Crippen LogP contribution in [0.2, 0.25) is 0 Å². The molecule has 2 nitrogen and oxygen atoms in total. The van der Waals surface area contributed by atoms with E-state index in [0.717, 1.165) is 17.5 Å². The molecule has 1 spiro atoms. The monoisotopic (exact) mass is 973 g/mol. The molecule has 0 aliphatic heterocycles. The van der Waals surface area contributed by atoms with Crippen molar-refractivity contribution in [1.82, 2.24) is 0 Å². The lowest BCUT2D eigenvalue weighted by Gasteiger charge is -2.61. The van der Waals surface area contributed by atoms with Crippen LogP contribution in [0.4, 0.5) is 34.1 Å². The molecule has 15 rings (SSSR count). The molecule has 0 radical (unpaired) electrons. The number of fused-ring (bicyclic) bond motifs is 7. The van der Waals surface area contributed by atoms with Crippen LogP contribution in [0.5, 0.6) is 0 Å². The molecule has 0 heterocycles. The fraction of sp³-hybridized carbons (Fsp3) is 0.260. The summed E-state index contributed by atoms with van der Waals surface area (Å²) < 4.78 is 0. The van der Waals surface area contributed by atoms with Crippen LogP contribution in [0.1, 0.15) is 118 Å². The first-order valence-electron chi connectivity index (χ1n) is 27.9. The van der Waals surface area contributed by atoms with Gasteiger partial charge in [0.05, 0.1) is 0 Å².